The zero-order valence-electron chi connectivity index (χ0n) is 32.2. The summed E-state index contributed by atoms with van der Waals surface area (Å²) >= 11 is 0. The number of anilines is 2. The highest BCUT2D eigenvalue weighted by atomic mass is 16.5. The number of hydrazine groups is 1. The van der Waals surface area contributed by atoms with Crippen LogP contribution < -0.4 is 32.4 Å². The van der Waals surface area contributed by atoms with Gasteiger partial charge in [-0.05, 0) is 89.4 Å². The predicted molar refractivity (Wildman–Crippen MR) is 212 cm³/mol. The van der Waals surface area contributed by atoms with Crippen molar-refractivity contribution < 1.29 is 19.1 Å². The molecule has 0 spiro atoms. The van der Waals surface area contributed by atoms with E-state index in [2.05, 4.69) is 42.0 Å². The molecule has 18 nitrogen and oxygen atoms in total. The Kier molecular flexibility index (Phi) is 12.3. The number of nitrogens with two attached hydrogens (primary N) is 2. The highest BCUT2D eigenvalue weighted by Crippen LogP contribution is 2.34. The zero-order chi connectivity index (χ0) is 39.9. The van der Waals surface area contributed by atoms with Gasteiger partial charge in [0, 0.05) is 44.5 Å². The third kappa shape index (κ3) is 8.51. The van der Waals surface area contributed by atoms with Crippen LogP contribution in [-0.2, 0) is 32.7 Å². The maximum atomic E-state index is 13.7. The number of ether oxygens (including phenoxy) is 1. The molecule has 7 N–H and O–H groups in total. The number of allylic oxidation sites excluding steroid dienone is 2. The highest BCUT2D eigenvalue weighted by Gasteiger charge is 2.25. The number of aromatic nitrogens is 9. The lowest BCUT2D eigenvalue weighted by atomic mass is 10.2. The van der Waals surface area contributed by atoms with Gasteiger partial charge < -0.3 is 15.0 Å². The first-order valence-electron chi connectivity index (χ1n) is 18.5. The summed E-state index contributed by atoms with van der Waals surface area (Å²) in [5, 5.41) is 14.8. The molecule has 2 amide bonds. The van der Waals surface area contributed by atoms with E-state index in [1.807, 2.05) is 56.5 Å². The van der Waals surface area contributed by atoms with Crippen molar-refractivity contribution in [2.75, 3.05) is 24.3 Å². The molecule has 18 heteroatoms. The molecular weight excluding hydrogens is 717 g/mol. The smallest absolute Gasteiger partial charge is 0.276 e. The van der Waals surface area contributed by atoms with Gasteiger partial charge >= 0.3 is 0 Å². The monoisotopic (exact) mass is 764 g/mol. The number of carbonyl (C=O) groups excluding carboxylic acids is 3. The summed E-state index contributed by atoms with van der Waals surface area (Å²) in [5.74, 6) is 6.72. The number of pyridine rings is 1. The zero-order valence-corrected chi connectivity index (χ0v) is 32.2. The molecule has 0 bridgehead atoms. The molecule has 1 aliphatic rings. The van der Waals surface area contributed by atoms with Gasteiger partial charge in [0.15, 0.2) is 11.9 Å². The minimum atomic E-state index is -0.374. The van der Waals surface area contributed by atoms with Crippen LogP contribution in [0.25, 0.3) is 22.2 Å². The number of hydrogen-bond donors (Lipinski definition) is 5. The van der Waals surface area contributed by atoms with Gasteiger partial charge in [0.1, 0.15) is 28.2 Å². The fraction of sp³-hybridized carbons (Fsp3) is 0.368. The van der Waals surface area contributed by atoms with Crippen LogP contribution in [0.15, 0.2) is 48.7 Å². The predicted octanol–water partition coefficient (Wildman–Crippen LogP) is 3.73. The Morgan fingerprint density at radius 1 is 0.857 bits per heavy atom. The van der Waals surface area contributed by atoms with Crippen LogP contribution in [0.1, 0.15) is 75.0 Å². The fourth-order valence-corrected chi connectivity index (χ4v) is 6.37. The van der Waals surface area contributed by atoms with Crippen LogP contribution in [0.4, 0.5) is 11.9 Å². The number of nitrogens with zero attached hydrogens (tertiary/aromatic N) is 9. The molecule has 0 aliphatic heterocycles. The van der Waals surface area contributed by atoms with Gasteiger partial charge in [-0.2, -0.15) is 10.2 Å². The second-order valence-electron chi connectivity index (χ2n) is 13.3. The summed E-state index contributed by atoms with van der Waals surface area (Å²) < 4.78 is 13.3. The van der Waals surface area contributed by atoms with Crippen molar-refractivity contribution in [3.8, 4) is 5.75 Å². The van der Waals surface area contributed by atoms with Crippen molar-refractivity contribution >= 4 is 52.2 Å². The minimum Gasteiger partial charge on any atom is -0.491 e. The number of nitrogens with one attached hydrogen (secondary N) is 3. The second-order valence-corrected chi connectivity index (χ2v) is 13.3. The number of imidazole rings is 2. The molecule has 0 radical (unpaired) electrons. The van der Waals surface area contributed by atoms with E-state index in [0.29, 0.717) is 90.3 Å². The van der Waals surface area contributed by atoms with Gasteiger partial charge in [-0.3, -0.25) is 50.2 Å². The lowest BCUT2D eigenvalue weighted by Gasteiger charge is -2.13. The summed E-state index contributed by atoms with van der Waals surface area (Å²) in [6, 6.07) is 8.96. The van der Waals surface area contributed by atoms with E-state index < -0.39 is 0 Å². The number of rotatable bonds is 16. The van der Waals surface area contributed by atoms with Crippen LogP contribution in [-0.4, -0.2) is 75.4 Å². The number of hydrogen-bond acceptors (Lipinski definition) is 12. The van der Waals surface area contributed by atoms with Crippen LogP contribution in [0.5, 0.6) is 5.75 Å². The maximum absolute atomic E-state index is 13.7. The van der Waals surface area contributed by atoms with E-state index in [1.165, 1.54) is 13.2 Å². The number of carbonyl (C=O) groups is 3. The largest absolute Gasteiger partial charge is 0.491 e. The number of fused-ring (bicyclic) bond motifs is 2. The van der Waals surface area contributed by atoms with Crippen molar-refractivity contribution in [3.63, 3.8) is 0 Å². The Morgan fingerprint density at radius 2 is 1.45 bits per heavy atom. The average Bonchev–Trinajstić information content (AvgIpc) is 3.48. The first kappa shape index (κ1) is 39.5. The lowest BCUT2D eigenvalue weighted by Crippen LogP contribution is -2.20. The van der Waals surface area contributed by atoms with Gasteiger partial charge in [-0.25, -0.2) is 15.0 Å². The SMILES string of the molecule is CCn1nc(C)cc1C(=O)Nc1nc2cc(C=O)cnc2n1C/C=C/Cn1c(NC(=O)c2cc(C)nn2CC)nc2cc(CNN)cc(OCC3CC3)c21.CN. The Hall–Kier alpha value is -6.24. The molecule has 5 aromatic heterocycles. The van der Waals surface area contributed by atoms with Crippen molar-refractivity contribution in [2.24, 2.45) is 17.5 Å². The first-order chi connectivity index (χ1) is 27.2. The lowest BCUT2D eigenvalue weighted by molar-refractivity contribution is 0.100. The van der Waals surface area contributed by atoms with E-state index in [4.69, 9.17) is 15.6 Å². The van der Waals surface area contributed by atoms with Gasteiger partial charge in [0.05, 0.1) is 23.5 Å². The third-order valence-corrected chi connectivity index (χ3v) is 9.15. The normalized spacial score (nSPS) is 12.6. The standard InChI is InChI=1S/C37H43N13O4.CH5N/c1-5-49-29(13-22(3)45-49)34(52)43-36-41-27-15-25(19-40-38)17-31(54-21-24-9-10-24)32(27)47(36)11-7-8-12-48-33-28(16-26(20-51)18-39-33)42-37(48)44-35(53)30-14-23(4)46-50(30)6-2;1-2/h7-8,13-18,20,24,40H,5-6,9-12,19,21,38H2,1-4H3,(H,41,43,52)(H,42,44,53);2H2,1H3/b8-7+;. The quantitative estimate of drug-likeness (QED) is 0.0411. The number of benzene rings is 1. The summed E-state index contributed by atoms with van der Waals surface area (Å²) in [4.78, 5) is 52.6. The van der Waals surface area contributed by atoms with Gasteiger partial charge in [-0.15, -0.1) is 0 Å². The second kappa shape index (κ2) is 17.5. The van der Waals surface area contributed by atoms with Crippen LogP contribution in [0, 0.1) is 19.8 Å². The molecular formula is C38H48N14O4. The molecule has 1 aromatic carbocycles. The summed E-state index contributed by atoms with van der Waals surface area (Å²) in [6.45, 7) is 10.1. The Labute approximate surface area is 323 Å². The van der Waals surface area contributed by atoms with Crippen LogP contribution >= 0.6 is 0 Å². The molecule has 7 rings (SSSR count). The minimum absolute atomic E-state index is 0.261. The highest BCUT2D eigenvalue weighted by molar-refractivity contribution is 6.04. The molecule has 0 unspecified atom stereocenters. The maximum Gasteiger partial charge on any atom is 0.276 e. The Bertz CT molecular complexity index is 2400. The number of amides is 2. The average molecular weight is 765 g/mol. The summed E-state index contributed by atoms with van der Waals surface area (Å²) in [7, 11) is 1.50. The van der Waals surface area contributed by atoms with E-state index >= 15 is 0 Å². The Balaban J connectivity index is 0.00000262. The van der Waals surface area contributed by atoms with Gasteiger partial charge in [-0.1, -0.05) is 12.2 Å². The van der Waals surface area contributed by atoms with Crippen LogP contribution in [0.2, 0.25) is 0 Å². The third-order valence-electron chi connectivity index (χ3n) is 9.15. The molecule has 1 saturated carbocycles. The molecule has 0 atom stereocenters. The van der Waals surface area contributed by atoms with Gasteiger partial charge in [0.25, 0.3) is 11.8 Å². The topological polar surface area (TPSA) is 233 Å². The van der Waals surface area contributed by atoms with E-state index in [9.17, 15) is 14.4 Å². The van der Waals surface area contributed by atoms with Crippen LogP contribution in [0.3, 0.4) is 0 Å². The molecule has 6 aromatic rings. The fourth-order valence-electron chi connectivity index (χ4n) is 6.37. The summed E-state index contributed by atoms with van der Waals surface area (Å²) in [5.41, 5.74) is 13.0. The van der Waals surface area contributed by atoms with Crippen molar-refractivity contribution in [1.29, 1.82) is 0 Å². The van der Waals surface area contributed by atoms with E-state index in [-0.39, 0.29) is 24.3 Å². The first-order valence-corrected chi connectivity index (χ1v) is 18.5. The van der Waals surface area contributed by atoms with E-state index in [1.54, 1.807) is 32.1 Å². The molecule has 5 heterocycles. The van der Waals surface area contributed by atoms with Crippen molar-refractivity contribution in [2.45, 2.75) is 73.3 Å². The Morgan fingerprint density at radius 3 is 2.02 bits per heavy atom. The molecule has 294 valence electrons. The summed E-state index contributed by atoms with van der Waals surface area (Å²) in [6.07, 6.45) is 8.27. The van der Waals surface area contributed by atoms with Crippen molar-refractivity contribution in [1.82, 2.24) is 49.1 Å². The molecule has 1 fully saturated rings. The van der Waals surface area contributed by atoms with Crippen molar-refractivity contribution in [3.05, 3.63) is 82.6 Å². The molecule has 0 saturated heterocycles. The molecule has 56 heavy (non-hydrogen) atoms. The number of aldehydes is 1. The molecule has 1 aliphatic carbocycles. The van der Waals surface area contributed by atoms with E-state index in [0.717, 1.165) is 35.3 Å². The number of aryl methyl sites for hydroxylation is 4. The van der Waals surface area contributed by atoms with Gasteiger partial charge in [0.2, 0.25) is 11.9 Å².